The summed E-state index contributed by atoms with van der Waals surface area (Å²) in [7, 11) is 1.55. The van der Waals surface area contributed by atoms with Gasteiger partial charge in [-0.25, -0.2) is 9.18 Å². The van der Waals surface area contributed by atoms with Crippen molar-refractivity contribution >= 4 is 23.3 Å². The van der Waals surface area contributed by atoms with Crippen molar-refractivity contribution in [3.63, 3.8) is 0 Å². The maximum absolute atomic E-state index is 13.3. The molecule has 130 valence electrons. The van der Waals surface area contributed by atoms with E-state index in [1.165, 1.54) is 17.0 Å². The smallest absolute Gasteiger partial charge is 0.319 e. The van der Waals surface area contributed by atoms with E-state index < -0.39 is 11.8 Å². The maximum Gasteiger partial charge on any atom is 0.319 e. The number of nitrogens with zero attached hydrogens (tertiary/aromatic N) is 1. The molecular formula is C18H18FN3O3. The number of nitrogens with one attached hydrogen (secondary N) is 2. The van der Waals surface area contributed by atoms with Crippen molar-refractivity contribution in [2.24, 2.45) is 0 Å². The average Bonchev–Trinajstić information content (AvgIpc) is 2.95. The molecule has 1 saturated heterocycles. The number of rotatable bonds is 4. The van der Waals surface area contributed by atoms with Crippen LogP contribution in [0.25, 0.3) is 0 Å². The molecule has 3 amide bonds. The van der Waals surface area contributed by atoms with Crippen molar-refractivity contribution in [3.05, 3.63) is 54.3 Å². The first kappa shape index (κ1) is 16.8. The monoisotopic (exact) mass is 343 g/mol. The Morgan fingerprint density at radius 2 is 2.04 bits per heavy atom. The lowest BCUT2D eigenvalue weighted by atomic mass is 10.2. The Bertz CT molecular complexity index is 797. The number of amides is 3. The summed E-state index contributed by atoms with van der Waals surface area (Å²) in [4.78, 5) is 25.7. The van der Waals surface area contributed by atoms with Crippen LogP contribution in [0.4, 0.5) is 20.6 Å². The molecular weight excluding hydrogens is 325 g/mol. The van der Waals surface area contributed by atoms with E-state index in [1.807, 2.05) is 0 Å². The third-order valence-corrected chi connectivity index (χ3v) is 3.91. The topological polar surface area (TPSA) is 70.7 Å². The van der Waals surface area contributed by atoms with Gasteiger partial charge in [0.1, 0.15) is 11.6 Å². The molecule has 0 aromatic heterocycles. The summed E-state index contributed by atoms with van der Waals surface area (Å²) in [5.74, 6) is 0.0703. The average molecular weight is 343 g/mol. The molecule has 0 saturated carbocycles. The molecule has 1 heterocycles. The van der Waals surface area contributed by atoms with E-state index in [-0.39, 0.29) is 18.4 Å². The minimum atomic E-state index is -0.410. The van der Waals surface area contributed by atoms with Crippen LogP contribution < -0.4 is 20.3 Å². The number of hydrogen-bond acceptors (Lipinski definition) is 3. The molecule has 7 heteroatoms. The van der Waals surface area contributed by atoms with Gasteiger partial charge < -0.3 is 20.3 Å². The van der Waals surface area contributed by atoms with Gasteiger partial charge in [-0.3, -0.25) is 4.79 Å². The molecule has 0 radical (unpaired) electrons. The number of hydrogen-bond donors (Lipinski definition) is 2. The minimum Gasteiger partial charge on any atom is -0.497 e. The van der Waals surface area contributed by atoms with Gasteiger partial charge in [0.15, 0.2) is 0 Å². The number of methoxy groups -OCH3 is 1. The van der Waals surface area contributed by atoms with Crippen molar-refractivity contribution < 1.29 is 18.7 Å². The molecule has 1 aliphatic heterocycles. The Hall–Kier alpha value is -3.09. The van der Waals surface area contributed by atoms with Crippen LogP contribution in [0, 0.1) is 5.82 Å². The molecule has 0 spiro atoms. The largest absolute Gasteiger partial charge is 0.497 e. The third kappa shape index (κ3) is 4.06. The van der Waals surface area contributed by atoms with E-state index in [9.17, 15) is 14.0 Å². The van der Waals surface area contributed by atoms with E-state index in [1.54, 1.807) is 43.5 Å². The van der Waals surface area contributed by atoms with Gasteiger partial charge in [-0.15, -0.1) is 0 Å². The normalized spacial score (nSPS) is 16.6. The Labute approximate surface area is 144 Å². The van der Waals surface area contributed by atoms with Crippen LogP contribution in [-0.4, -0.2) is 31.6 Å². The highest BCUT2D eigenvalue weighted by atomic mass is 19.1. The first-order valence-corrected chi connectivity index (χ1v) is 7.82. The Kier molecular flexibility index (Phi) is 4.83. The van der Waals surface area contributed by atoms with Crippen molar-refractivity contribution in [1.29, 1.82) is 0 Å². The standard InChI is InChI=1S/C18H18FN3O3/c1-25-16-7-3-5-13(9-16)20-18(24)21-14-10-17(23)22(11-14)15-6-2-4-12(19)8-15/h2-9,14H,10-11H2,1H3,(H2,20,21,24)/t14-/m1/s1. The van der Waals surface area contributed by atoms with Gasteiger partial charge >= 0.3 is 6.03 Å². The number of urea groups is 1. The highest BCUT2D eigenvalue weighted by molar-refractivity contribution is 5.97. The minimum absolute atomic E-state index is 0.155. The van der Waals surface area contributed by atoms with Crippen molar-refractivity contribution in [1.82, 2.24) is 5.32 Å². The lowest BCUT2D eigenvalue weighted by Crippen LogP contribution is -2.39. The van der Waals surface area contributed by atoms with Gasteiger partial charge in [-0.1, -0.05) is 12.1 Å². The van der Waals surface area contributed by atoms with E-state index in [4.69, 9.17) is 4.74 Å². The Morgan fingerprint density at radius 1 is 1.24 bits per heavy atom. The lowest BCUT2D eigenvalue weighted by molar-refractivity contribution is -0.117. The number of halogens is 1. The van der Waals surface area contributed by atoms with Crippen LogP contribution in [0.3, 0.4) is 0 Å². The van der Waals surface area contributed by atoms with E-state index in [0.717, 1.165) is 0 Å². The third-order valence-electron chi connectivity index (χ3n) is 3.91. The molecule has 6 nitrogen and oxygen atoms in total. The molecule has 3 rings (SSSR count). The molecule has 1 aliphatic rings. The summed E-state index contributed by atoms with van der Waals surface area (Å²) in [5.41, 5.74) is 1.07. The number of carbonyl (C=O) groups excluding carboxylic acids is 2. The van der Waals surface area contributed by atoms with Crippen molar-refractivity contribution in [3.8, 4) is 5.75 Å². The summed E-state index contributed by atoms with van der Waals surface area (Å²) < 4.78 is 18.4. The molecule has 0 bridgehead atoms. The second kappa shape index (κ2) is 7.21. The van der Waals surface area contributed by atoms with E-state index in [2.05, 4.69) is 10.6 Å². The second-order valence-electron chi connectivity index (χ2n) is 5.72. The van der Waals surface area contributed by atoms with Gasteiger partial charge in [0.2, 0.25) is 5.91 Å². The molecule has 2 aromatic rings. The summed E-state index contributed by atoms with van der Waals surface area (Å²) >= 11 is 0. The van der Waals surface area contributed by atoms with E-state index >= 15 is 0 Å². The van der Waals surface area contributed by atoms with Gasteiger partial charge in [0.05, 0.1) is 13.2 Å². The van der Waals surface area contributed by atoms with Gasteiger partial charge in [-0.05, 0) is 30.3 Å². The Balaban J connectivity index is 1.60. The molecule has 0 unspecified atom stereocenters. The highest BCUT2D eigenvalue weighted by Crippen LogP contribution is 2.22. The highest BCUT2D eigenvalue weighted by Gasteiger charge is 2.31. The van der Waals surface area contributed by atoms with Crippen LogP contribution in [0.15, 0.2) is 48.5 Å². The molecule has 1 atom stereocenters. The molecule has 2 N–H and O–H groups in total. The number of ether oxygens (including phenoxy) is 1. The van der Waals surface area contributed by atoms with Crippen LogP contribution >= 0.6 is 0 Å². The summed E-state index contributed by atoms with van der Waals surface area (Å²) in [6.45, 7) is 0.299. The summed E-state index contributed by atoms with van der Waals surface area (Å²) in [6.07, 6.45) is 0.169. The molecule has 0 aliphatic carbocycles. The number of carbonyl (C=O) groups is 2. The zero-order valence-electron chi connectivity index (χ0n) is 13.7. The first-order valence-electron chi connectivity index (χ1n) is 7.82. The molecule has 2 aromatic carbocycles. The summed E-state index contributed by atoms with van der Waals surface area (Å²) in [5, 5.41) is 5.46. The van der Waals surface area contributed by atoms with Gasteiger partial charge in [-0.2, -0.15) is 0 Å². The van der Waals surface area contributed by atoms with Gasteiger partial charge in [0.25, 0.3) is 0 Å². The van der Waals surface area contributed by atoms with E-state index in [0.29, 0.717) is 23.7 Å². The lowest BCUT2D eigenvalue weighted by Gasteiger charge is -2.17. The summed E-state index contributed by atoms with van der Waals surface area (Å²) in [6, 6.07) is 12.0. The number of anilines is 2. The fraction of sp³-hybridized carbons (Fsp3) is 0.222. The number of benzene rings is 2. The maximum atomic E-state index is 13.3. The molecule has 1 fully saturated rings. The quantitative estimate of drug-likeness (QED) is 0.897. The van der Waals surface area contributed by atoms with Crippen molar-refractivity contribution in [2.45, 2.75) is 12.5 Å². The fourth-order valence-corrected chi connectivity index (χ4v) is 2.75. The first-order chi connectivity index (χ1) is 12.0. The van der Waals surface area contributed by atoms with Crippen LogP contribution in [0.2, 0.25) is 0 Å². The van der Waals surface area contributed by atoms with Crippen LogP contribution in [0.5, 0.6) is 5.75 Å². The van der Waals surface area contributed by atoms with Crippen molar-refractivity contribution in [2.75, 3.05) is 23.9 Å². The fourth-order valence-electron chi connectivity index (χ4n) is 2.75. The molecule has 25 heavy (non-hydrogen) atoms. The zero-order valence-corrected chi connectivity index (χ0v) is 13.7. The van der Waals surface area contributed by atoms with Crippen LogP contribution in [-0.2, 0) is 4.79 Å². The predicted molar refractivity (Wildman–Crippen MR) is 92.3 cm³/mol. The predicted octanol–water partition coefficient (Wildman–Crippen LogP) is 2.76. The van der Waals surface area contributed by atoms with Crippen LogP contribution in [0.1, 0.15) is 6.42 Å². The van der Waals surface area contributed by atoms with Gasteiger partial charge in [0, 0.05) is 30.4 Å². The SMILES string of the molecule is COc1cccc(NC(=O)N[C@@H]2CC(=O)N(c3cccc(F)c3)C2)c1. The zero-order chi connectivity index (χ0) is 17.8. The Morgan fingerprint density at radius 3 is 2.80 bits per heavy atom. The second-order valence-corrected chi connectivity index (χ2v) is 5.72.